The van der Waals surface area contributed by atoms with Crippen molar-refractivity contribution in [2.45, 2.75) is 78.3 Å². The Bertz CT molecular complexity index is 936. The van der Waals surface area contributed by atoms with E-state index in [2.05, 4.69) is 50.4 Å². The van der Waals surface area contributed by atoms with Crippen LogP contribution in [0.3, 0.4) is 0 Å². The number of aryl methyl sites for hydroxylation is 1. The van der Waals surface area contributed by atoms with E-state index in [1.54, 1.807) is 17.0 Å². The van der Waals surface area contributed by atoms with E-state index < -0.39 is 6.04 Å². The molecule has 0 aliphatic rings. The Morgan fingerprint density at radius 3 is 2.24 bits per heavy atom. The van der Waals surface area contributed by atoms with Gasteiger partial charge in [-0.3, -0.25) is 9.59 Å². The third kappa shape index (κ3) is 8.04. The maximum Gasteiger partial charge on any atom is 0.242 e. The van der Waals surface area contributed by atoms with Crippen LogP contribution in [0.25, 0.3) is 0 Å². The van der Waals surface area contributed by atoms with Crippen LogP contribution in [0.5, 0.6) is 0 Å². The molecule has 0 unspecified atom stereocenters. The van der Waals surface area contributed by atoms with E-state index in [0.29, 0.717) is 35.9 Å². The van der Waals surface area contributed by atoms with Gasteiger partial charge in [-0.2, -0.15) is 0 Å². The van der Waals surface area contributed by atoms with Gasteiger partial charge in [0.2, 0.25) is 11.8 Å². The van der Waals surface area contributed by atoms with Gasteiger partial charge in [-0.05, 0) is 53.5 Å². The summed E-state index contributed by atoms with van der Waals surface area (Å²) in [5.74, 6) is -0.202. The second-order valence-electron chi connectivity index (χ2n) is 9.42. The zero-order valence-electron chi connectivity index (χ0n) is 20.4. The van der Waals surface area contributed by atoms with Gasteiger partial charge in [0.1, 0.15) is 6.04 Å². The summed E-state index contributed by atoms with van der Waals surface area (Å²) in [5, 5.41) is 3.96. The minimum atomic E-state index is -0.556. The van der Waals surface area contributed by atoms with Crippen molar-refractivity contribution >= 4 is 35.0 Å². The lowest BCUT2D eigenvalue weighted by atomic mass is 9.86. The largest absolute Gasteiger partial charge is 0.354 e. The molecule has 0 aliphatic carbocycles. The van der Waals surface area contributed by atoms with Crippen LogP contribution in [0.15, 0.2) is 42.5 Å². The molecule has 0 fully saturated rings. The molecule has 0 saturated carbocycles. The number of halogens is 2. The summed E-state index contributed by atoms with van der Waals surface area (Å²) in [6, 6.07) is 13.1. The van der Waals surface area contributed by atoms with Gasteiger partial charge in [0, 0.05) is 29.6 Å². The van der Waals surface area contributed by atoms with Crippen molar-refractivity contribution in [1.82, 2.24) is 10.2 Å². The summed E-state index contributed by atoms with van der Waals surface area (Å²) in [5.41, 5.74) is 3.22. The predicted molar refractivity (Wildman–Crippen MR) is 138 cm³/mol. The number of nitrogens with zero attached hydrogens (tertiary/aromatic N) is 1. The second kappa shape index (κ2) is 12.4. The third-order valence-electron chi connectivity index (χ3n) is 5.74. The molecule has 1 atom stereocenters. The molecular formula is C27H36Cl2N2O2. The lowest BCUT2D eigenvalue weighted by molar-refractivity contribution is -0.141. The molecule has 180 valence electrons. The van der Waals surface area contributed by atoms with Crippen molar-refractivity contribution in [3.8, 4) is 0 Å². The molecule has 2 aromatic carbocycles. The predicted octanol–water partition coefficient (Wildman–Crippen LogP) is 6.56. The number of amides is 2. The number of carbonyl (C=O) groups is 2. The Kier molecular flexibility index (Phi) is 10.2. The highest BCUT2D eigenvalue weighted by atomic mass is 35.5. The van der Waals surface area contributed by atoms with E-state index in [0.717, 1.165) is 17.5 Å². The highest BCUT2D eigenvalue weighted by Crippen LogP contribution is 2.25. The highest BCUT2D eigenvalue weighted by molar-refractivity contribution is 6.35. The quantitative estimate of drug-likeness (QED) is 0.409. The van der Waals surface area contributed by atoms with Crippen molar-refractivity contribution < 1.29 is 9.59 Å². The van der Waals surface area contributed by atoms with Crippen molar-refractivity contribution in [2.24, 2.45) is 0 Å². The SMILES string of the molecule is CCCNC(=O)[C@@H](CC)N(Cc1ccc(Cl)cc1Cl)C(=O)CCc1ccc(C(C)(C)C)cc1. The fourth-order valence-electron chi connectivity index (χ4n) is 3.69. The van der Waals surface area contributed by atoms with Gasteiger partial charge in [-0.15, -0.1) is 0 Å². The van der Waals surface area contributed by atoms with E-state index >= 15 is 0 Å². The molecule has 0 aromatic heterocycles. The van der Waals surface area contributed by atoms with Crippen LogP contribution in [0.4, 0.5) is 0 Å². The molecule has 0 saturated heterocycles. The number of hydrogen-bond donors (Lipinski definition) is 1. The lowest BCUT2D eigenvalue weighted by Gasteiger charge is -2.31. The van der Waals surface area contributed by atoms with E-state index in [1.807, 2.05) is 19.9 Å². The molecule has 2 amide bonds. The molecule has 0 spiro atoms. The third-order valence-corrected chi connectivity index (χ3v) is 6.33. The first-order valence-corrected chi connectivity index (χ1v) is 12.4. The Morgan fingerprint density at radius 2 is 1.70 bits per heavy atom. The summed E-state index contributed by atoms with van der Waals surface area (Å²) in [6.45, 7) is 11.3. The fraction of sp³-hybridized carbons (Fsp3) is 0.481. The van der Waals surface area contributed by atoms with Gasteiger partial charge >= 0.3 is 0 Å². The Hall–Kier alpha value is -2.04. The van der Waals surface area contributed by atoms with Crippen molar-refractivity contribution in [3.63, 3.8) is 0 Å². The second-order valence-corrected chi connectivity index (χ2v) is 10.3. The minimum absolute atomic E-state index is 0.0700. The van der Waals surface area contributed by atoms with Gasteiger partial charge in [0.05, 0.1) is 0 Å². The van der Waals surface area contributed by atoms with Crippen LogP contribution in [0.2, 0.25) is 10.0 Å². The molecule has 0 heterocycles. The van der Waals surface area contributed by atoms with Gasteiger partial charge in [-0.25, -0.2) is 0 Å². The summed E-state index contributed by atoms with van der Waals surface area (Å²) < 4.78 is 0. The van der Waals surface area contributed by atoms with E-state index in [1.165, 1.54) is 5.56 Å². The topological polar surface area (TPSA) is 49.4 Å². The first-order valence-electron chi connectivity index (χ1n) is 11.7. The van der Waals surface area contributed by atoms with E-state index in [4.69, 9.17) is 23.2 Å². The molecule has 4 nitrogen and oxygen atoms in total. The van der Waals surface area contributed by atoms with Crippen LogP contribution in [0, 0.1) is 0 Å². The first kappa shape index (κ1) is 27.2. The smallest absolute Gasteiger partial charge is 0.242 e. The van der Waals surface area contributed by atoms with E-state index in [9.17, 15) is 9.59 Å². The zero-order valence-corrected chi connectivity index (χ0v) is 21.9. The van der Waals surface area contributed by atoms with Crippen LogP contribution < -0.4 is 5.32 Å². The normalized spacial score (nSPS) is 12.3. The molecule has 6 heteroatoms. The number of carbonyl (C=O) groups excluding carboxylic acids is 2. The van der Waals surface area contributed by atoms with Crippen molar-refractivity contribution in [1.29, 1.82) is 0 Å². The number of nitrogens with one attached hydrogen (secondary N) is 1. The molecular weight excluding hydrogens is 455 g/mol. The number of hydrogen-bond acceptors (Lipinski definition) is 2. The molecule has 1 N–H and O–H groups in total. The molecule has 0 radical (unpaired) electrons. The van der Waals surface area contributed by atoms with Gasteiger partial charge in [-0.1, -0.05) is 88.2 Å². The van der Waals surface area contributed by atoms with Crippen molar-refractivity contribution in [3.05, 3.63) is 69.2 Å². The van der Waals surface area contributed by atoms with Crippen LogP contribution >= 0.6 is 23.2 Å². The van der Waals surface area contributed by atoms with Crippen LogP contribution in [0.1, 0.15) is 70.6 Å². The lowest BCUT2D eigenvalue weighted by Crippen LogP contribution is -2.49. The summed E-state index contributed by atoms with van der Waals surface area (Å²) in [6.07, 6.45) is 2.29. The molecule has 0 aliphatic heterocycles. The monoisotopic (exact) mass is 490 g/mol. The maximum absolute atomic E-state index is 13.4. The average molecular weight is 492 g/mol. The standard InChI is InChI=1S/C27H36Cl2N2O2/c1-6-16-30-26(33)24(7-2)31(18-20-11-14-22(28)17-23(20)29)25(32)15-10-19-8-12-21(13-9-19)27(3,4)5/h8-9,11-14,17,24H,6-7,10,15-16,18H2,1-5H3,(H,30,33)/t24-/m1/s1. The van der Waals surface area contributed by atoms with Gasteiger partial charge in [0.15, 0.2) is 0 Å². The Labute approximate surface area is 208 Å². The maximum atomic E-state index is 13.4. The summed E-state index contributed by atoms with van der Waals surface area (Å²) >= 11 is 12.4. The minimum Gasteiger partial charge on any atom is -0.354 e. The van der Waals surface area contributed by atoms with E-state index in [-0.39, 0.29) is 23.8 Å². The summed E-state index contributed by atoms with van der Waals surface area (Å²) in [7, 11) is 0. The molecule has 33 heavy (non-hydrogen) atoms. The average Bonchev–Trinajstić information content (AvgIpc) is 2.77. The molecule has 2 aromatic rings. The van der Waals surface area contributed by atoms with Crippen molar-refractivity contribution in [2.75, 3.05) is 6.54 Å². The van der Waals surface area contributed by atoms with Crippen LogP contribution in [-0.2, 0) is 28.0 Å². The molecule has 0 bridgehead atoms. The fourth-order valence-corrected chi connectivity index (χ4v) is 4.15. The highest BCUT2D eigenvalue weighted by Gasteiger charge is 2.28. The summed E-state index contributed by atoms with van der Waals surface area (Å²) in [4.78, 5) is 27.9. The first-order chi connectivity index (χ1) is 15.6. The number of rotatable bonds is 10. The van der Waals surface area contributed by atoms with Gasteiger partial charge in [0.25, 0.3) is 0 Å². The zero-order chi connectivity index (χ0) is 24.6. The van der Waals surface area contributed by atoms with Crippen LogP contribution in [-0.4, -0.2) is 29.3 Å². The Balaban J connectivity index is 2.21. The number of benzene rings is 2. The van der Waals surface area contributed by atoms with Gasteiger partial charge < -0.3 is 10.2 Å². The molecule has 2 rings (SSSR count). The Morgan fingerprint density at radius 1 is 1.03 bits per heavy atom.